The van der Waals surface area contributed by atoms with E-state index in [1.165, 1.54) is 0 Å². The van der Waals surface area contributed by atoms with Crippen LogP contribution in [0, 0.1) is 13.8 Å². The molecule has 0 aliphatic carbocycles. The van der Waals surface area contributed by atoms with Gasteiger partial charge in [-0.3, -0.25) is 4.79 Å². The van der Waals surface area contributed by atoms with Gasteiger partial charge in [0.25, 0.3) is 0 Å². The second-order valence-corrected chi connectivity index (χ2v) is 4.92. The number of rotatable bonds is 3. The predicted octanol–water partition coefficient (Wildman–Crippen LogP) is 1.45. The van der Waals surface area contributed by atoms with Crippen LogP contribution in [0.3, 0.4) is 0 Å². The highest BCUT2D eigenvalue weighted by Crippen LogP contribution is 2.26. The summed E-state index contributed by atoms with van der Waals surface area (Å²) in [5, 5.41) is 0. The van der Waals surface area contributed by atoms with E-state index in [0.717, 1.165) is 6.26 Å². The highest BCUT2D eigenvalue weighted by Gasteiger charge is 2.14. The first kappa shape index (κ1) is 11.7. The minimum absolute atomic E-state index is 0.118. The summed E-state index contributed by atoms with van der Waals surface area (Å²) < 4.78 is 26.8. The Morgan fingerprint density at radius 2 is 1.73 bits per heavy atom. The Morgan fingerprint density at radius 3 is 2.20 bits per heavy atom. The third-order valence-electron chi connectivity index (χ3n) is 1.96. The summed E-state index contributed by atoms with van der Waals surface area (Å²) in [6.45, 7) is 3.41. The summed E-state index contributed by atoms with van der Waals surface area (Å²) in [6, 6.07) is 3.46. The first-order valence-electron chi connectivity index (χ1n) is 4.30. The summed E-state index contributed by atoms with van der Waals surface area (Å²) >= 11 is 0. The number of carbonyl (C=O) groups is 1. The molecule has 82 valence electrons. The monoisotopic (exact) mass is 228 g/mol. The lowest BCUT2D eigenvalue weighted by Crippen LogP contribution is -2.09. The quantitative estimate of drug-likeness (QED) is 0.580. The van der Waals surface area contributed by atoms with Gasteiger partial charge in [0, 0.05) is 0 Å². The summed E-state index contributed by atoms with van der Waals surface area (Å²) in [4.78, 5) is 10.8. The standard InChI is InChI=1S/C10H12O4S/c1-7-4-5-8(2)10(9(7)6-11)14-15(3,12)13/h4-6H,1-3H3. The average Bonchev–Trinajstić information content (AvgIpc) is 2.10. The van der Waals surface area contributed by atoms with Crippen molar-refractivity contribution < 1.29 is 17.4 Å². The highest BCUT2D eigenvalue weighted by atomic mass is 32.2. The average molecular weight is 228 g/mol. The number of aryl methyl sites for hydroxylation is 2. The minimum atomic E-state index is -3.61. The molecule has 15 heavy (non-hydrogen) atoms. The maximum atomic E-state index is 11.0. The molecule has 1 aromatic rings. The number of aldehydes is 1. The van der Waals surface area contributed by atoms with Crippen molar-refractivity contribution in [2.45, 2.75) is 13.8 Å². The molecule has 0 amide bonds. The molecular weight excluding hydrogens is 216 g/mol. The van der Waals surface area contributed by atoms with E-state index < -0.39 is 10.1 Å². The Morgan fingerprint density at radius 1 is 1.20 bits per heavy atom. The molecule has 0 heterocycles. The lowest BCUT2D eigenvalue weighted by atomic mass is 10.1. The summed E-state index contributed by atoms with van der Waals surface area (Å²) in [5.41, 5.74) is 1.59. The van der Waals surface area contributed by atoms with Crippen molar-refractivity contribution in [2.24, 2.45) is 0 Å². The zero-order valence-corrected chi connectivity index (χ0v) is 9.59. The SMILES string of the molecule is Cc1ccc(C)c(OS(C)(=O)=O)c1C=O. The Balaban J connectivity index is 3.38. The van der Waals surface area contributed by atoms with Crippen LogP contribution in [0.4, 0.5) is 0 Å². The maximum absolute atomic E-state index is 11.0. The van der Waals surface area contributed by atoms with Crippen LogP contribution < -0.4 is 4.18 Å². The lowest BCUT2D eigenvalue weighted by molar-refractivity contribution is 0.112. The molecule has 0 fully saturated rings. The smallest absolute Gasteiger partial charge is 0.306 e. The van der Waals surface area contributed by atoms with E-state index >= 15 is 0 Å². The predicted molar refractivity (Wildman–Crippen MR) is 56.8 cm³/mol. The van der Waals surface area contributed by atoms with Crippen LogP contribution in [-0.2, 0) is 10.1 Å². The van der Waals surface area contributed by atoms with Gasteiger partial charge in [-0.15, -0.1) is 0 Å². The zero-order chi connectivity index (χ0) is 11.6. The van der Waals surface area contributed by atoms with Crippen LogP contribution in [0.15, 0.2) is 12.1 Å². The van der Waals surface area contributed by atoms with Gasteiger partial charge in [-0.2, -0.15) is 8.42 Å². The number of carbonyl (C=O) groups excluding carboxylic acids is 1. The number of hydrogen-bond donors (Lipinski definition) is 0. The summed E-state index contributed by atoms with van der Waals surface area (Å²) in [7, 11) is -3.61. The van der Waals surface area contributed by atoms with Gasteiger partial charge in [-0.05, 0) is 25.0 Å². The van der Waals surface area contributed by atoms with E-state index in [4.69, 9.17) is 4.18 Å². The normalized spacial score (nSPS) is 11.1. The molecular formula is C10H12O4S. The molecule has 0 aromatic heterocycles. The van der Waals surface area contributed by atoms with Crippen LogP contribution in [0.2, 0.25) is 0 Å². The van der Waals surface area contributed by atoms with Crippen LogP contribution >= 0.6 is 0 Å². The van der Waals surface area contributed by atoms with Crippen LogP contribution in [0.25, 0.3) is 0 Å². The van der Waals surface area contributed by atoms with Gasteiger partial charge >= 0.3 is 10.1 Å². The molecule has 0 aliphatic rings. The Hall–Kier alpha value is -1.36. The fraction of sp³-hybridized carbons (Fsp3) is 0.300. The minimum Gasteiger partial charge on any atom is -0.382 e. The van der Waals surface area contributed by atoms with Crippen molar-refractivity contribution in [3.63, 3.8) is 0 Å². The van der Waals surface area contributed by atoms with Gasteiger partial charge in [0.05, 0.1) is 11.8 Å². The third-order valence-corrected chi connectivity index (χ3v) is 2.43. The molecule has 0 radical (unpaired) electrons. The first-order chi connectivity index (χ1) is 6.85. The highest BCUT2D eigenvalue weighted by molar-refractivity contribution is 7.86. The van der Waals surface area contributed by atoms with Gasteiger partial charge in [0.2, 0.25) is 0 Å². The number of hydrogen-bond acceptors (Lipinski definition) is 4. The van der Waals surface area contributed by atoms with Gasteiger partial charge < -0.3 is 4.18 Å². The van der Waals surface area contributed by atoms with Gasteiger partial charge in [0.15, 0.2) is 12.0 Å². The maximum Gasteiger partial charge on any atom is 0.306 e. The van der Waals surface area contributed by atoms with E-state index in [0.29, 0.717) is 17.4 Å². The van der Waals surface area contributed by atoms with Crippen molar-refractivity contribution in [1.29, 1.82) is 0 Å². The van der Waals surface area contributed by atoms with Crippen molar-refractivity contribution >= 4 is 16.4 Å². The molecule has 0 saturated heterocycles. The Kier molecular flexibility index (Phi) is 3.14. The van der Waals surface area contributed by atoms with E-state index in [9.17, 15) is 13.2 Å². The fourth-order valence-corrected chi connectivity index (χ4v) is 1.74. The van der Waals surface area contributed by atoms with Gasteiger partial charge in [0.1, 0.15) is 0 Å². The number of benzene rings is 1. The van der Waals surface area contributed by atoms with Crippen molar-refractivity contribution in [3.05, 3.63) is 28.8 Å². The Bertz CT molecular complexity index is 488. The molecule has 4 nitrogen and oxygen atoms in total. The van der Waals surface area contributed by atoms with Crippen LogP contribution in [0.5, 0.6) is 5.75 Å². The van der Waals surface area contributed by atoms with Crippen LogP contribution in [0.1, 0.15) is 21.5 Å². The van der Waals surface area contributed by atoms with Crippen LogP contribution in [-0.4, -0.2) is 21.0 Å². The van der Waals surface area contributed by atoms with E-state index in [2.05, 4.69) is 0 Å². The summed E-state index contributed by atoms with van der Waals surface area (Å²) in [5.74, 6) is 0.118. The molecule has 1 aromatic carbocycles. The molecule has 0 N–H and O–H groups in total. The lowest BCUT2D eigenvalue weighted by Gasteiger charge is -2.10. The summed E-state index contributed by atoms with van der Waals surface area (Å²) in [6.07, 6.45) is 1.55. The topological polar surface area (TPSA) is 60.4 Å². The van der Waals surface area contributed by atoms with Gasteiger partial charge in [-0.1, -0.05) is 12.1 Å². The molecule has 1 rings (SSSR count). The van der Waals surface area contributed by atoms with Crippen molar-refractivity contribution in [2.75, 3.05) is 6.26 Å². The molecule has 5 heteroatoms. The van der Waals surface area contributed by atoms with Crippen molar-refractivity contribution in [3.8, 4) is 5.75 Å². The van der Waals surface area contributed by atoms with Gasteiger partial charge in [-0.25, -0.2) is 0 Å². The Labute approximate surface area is 89.0 Å². The molecule has 0 unspecified atom stereocenters. The van der Waals surface area contributed by atoms with E-state index in [1.54, 1.807) is 26.0 Å². The molecule has 0 atom stereocenters. The molecule has 0 saturated carbocycles. The van der Waals surface area contributed by atoms with E-state index in [1.807, 2.05) is 0 Å². The second kappa shape index (κ2) is 4.02. The van der Waals surface area contributed by atoms with E-state index in [-0.39, 0.29) is 11.3 Å². The second-order valence-electron chi connectivity index (χ2n) is 3.35. The third kappa shape index (κ3) is 2.79. The zero-order valence-electron chi connectivity index (χ0n) is 8.77. The molecule has 0 bridgehead atoms. The fourth-order valence-electron chi connectivity index (χ4n) is 1.22. The first-order valence-corrected chi connectivity index (χ1v) is 6.11. The largest absolute Gasteiger partial charge is 0.382 e. The molecule has 0 spiro atoms. The molecule has 0 aliphatic heterocycles. The van der Waals surface area contributed by atoms with Crippen molar-refractivity contribution in [1.82, 2.24) is 0 Å².